The highest BCUT2D eigenvalue weighted by Gasteiger charge is 2.31. The fourth-order valence-electron chi connectivity index (χ4n) is 2.54. The van der Waals surface area contributed by atoms with Crippen molar-refractivity contribution >= 4 is 17.2 Å². The Morgan fingerprint density at radius 3 is 3.00 bits per heavy atom. The lowest BCUT2D eigenvalue weighted by atomic mass is 10.2. The third kappa shape index (κ3) is 4.17. The summed E-state index contributed by atoms with van der Waals surface area (Å²) in [7, 11) is 0. The maximum Gasteiger partial charge on any atom is 0.278 e. The van der Waals surface area contributed by atoms with Crippen LogP contribution in [0.2, 0.25) is 0 Å². The van der Waals surface area contributed by atoms with Gasteiger partial charge < -0.3 is 14.6 Å². The predicted octanol–water partition coefficient (Wildman–Crippen LogP) is 1.26. The summed E-state index contributed by atoms with van der Waals surface area (Å²) < 4.78 is 5.76. The van der Waals surface area contributed by atoms with Crippen LogP contribution in [0.25, 0.3) is 10.8 Å². The minimum Gasteiger partial charge on any atom is -0.414 e. The lowest BCUT2D eigenvalue weighted by Gasteiger charge is -2.23. The van der Waals surface area contributed by atoms with Crippen LogP contribution in [0.15, 0.2) is 21.9 Å². The van der Waals surface area contributed by atoms with Gasteiger partial charge in [0.2, 0.25) is 0 Å². The maximum atomic E-state index is 12.3. The van der Waals surface area contributed by atoms with E-state index < -0.39 is 0 Å². The van der Waals surface area contributed by atoms with Crippen LogP contribution >= 0.6 is 11.3 Å². The number of hydrogen-bond donors (Lipinski definition) is 2. The number of carbonyl (C=O) groups is 1. The fourth-order valence-corrected chi connectivity index (χ4v) is 3.18. The Morgan fingerprint density at radius 1 is 1.52 bits per heavy atom. The van der Waals surface area contributed by atoms with Gasteiger partial charge in [-0.2, -0.15) is 0 Å². The smallest absolute Gasteiger partial charge is 0.278 e. The van der Waals surface area contributed by atoms with E-state index in [9.17, 15) is 4.79 Å². The zero-order valence-corrected chi connectivity index (χ0v) is 14.4. The molecule has 0 bridgehead atoms. The highest BCUT2D eigenvalue weighted by atomic mass is 32.1. The monoisotopic (exact) mass is 335 g/mol. The third-order valence-corrected chi connectivity index (χ3v) is 4.94. The summed E-state index contributed by atoms with van der Waals surface area (Å²) >= 11 is 1.58. The summed E-state index contributed by atoms with van der Waals surface area (Å²) in [5, 5.41) is 13.3. The number of amides is 1. The van der Waals surface area contributed by atoms with Gasteiger partial charge in [-0.15, -0.1) is 21.5 Å². The Hall–Kier alpha value is -1.73. The van der Waals surface area contributed by atoms with Crippen LogP contribution in [0.4, 0.5) is 0 Å². The van der Waals surface area contributed by atoms with Gasteiger partial charge in [0.15, 0.2) is 12.6 Å². The summed E-state index contributed by atoms with van der Waals surface area (Å²) in [6, 6.07) is 4.20. The standard InChI is InChI=1S/C16H22N4O2S/c1-3-8-20(11(2)15(21)17-12-6-7-12)10-14-18-19-16(22-14)13-5-4-9-23-13/h4-5,9,11-12H,3,6-8,10H2,1-2H3,(H,17,21)/p+1/t11-/m0/s1. The fraction of sp³-hybridized carbons (Fsp3) is 0.562. The molecule has 1 aliphatic rings. The molecule has 1 amide bonds. The second-order valence-electron chi connectivity index (χ2n) is 6.07. The molecule has 0 aromatic carbocycles. The summed E-state index contributed by atoms with van der Waals surface area (Å²) in [4.78, 5) is 14.4. The molecule has 3 rings (SSSR count). The first-order valence-corrected chi connectivity index (χ1v) is 9.06. The molecule has 1 fully saturated rings. The quantitative estimate of drug-likeness (QED) is 0.762. The highest BCUT2D eigenvalue weighted by Crippen LogP contribution is 2.22. The zero-order chi connectivity index (χ0) is 16.2. The Bertz CT molecular complexity index is 636. The van der Waals surface area contributed by atoms with E-state index in [1.807, 2.05) is 24.4 Å². The van der Waals surface area contributed by atoms with Crippen molar-refractivity contribution in [3.8, 4) is 10.8 Å². The molecule has 2 aromatic rings. The van der Waals surface area contributed by atoms with E-state index in [0.29, 0.717) is 24.4 Å². The van der Waals surface area contributed by atoms with E-state index in [0.717, 1.165) is 35.6 Å². The second kappa shape index (κ2) is 7.23. The second-order valence-corrected chi connectivity index (χ2v) is 7.02. The van der Waals surface area contributed by atoms with E-state index in [-0.39, 0.29) is 11.9 Å². The molecule has 2 atom stereocenters. The molecule has 6 nitrogen and oxygen atoms in total. The van der Waals surface area contributed by atoms with Gasteiger partial charge >= 0.3 is 0 Å². The van der Waals surface area contributed by atoms with Crippen LogP contribution in [-0.4, -0.2) is 34.7 Å². The van der Waals surface area contributed by atoms with Gasteiger partial charge in [0, 0.05) is 6.04 Å². The molecule has 7 heteroatoms. The normalized spacial score (nSPS) is 17.0. The SMILES string of the molecule is CCC[NH+](Cc1nnc(-c2cccs2)o1)[C@@H](C)C(=O)NC1CC1. The molecule has 124 valence electrons. The van der Waals surface area contributed by atoms with Gasteiger partial charge in [-0.1, -0.05) is 13.0 Å². The summed E-state index contributed by atoms with van der Waals surface area (Å²) in [6.07, 6.45) is 3.22. The molecule has 23 heavy (non-hydrogen) atoms. The number of nitrogens with zero attached hydrogens (tertiary/aromatic N) is 2. The van der Waals surface area contributed by atoms with Gasteiger partial charge in [0.05, 0.1) is 11.4 Å². The Labute approximate surface area is 139 Å². The first-order valence-electron chi connectivity index (χ1n) is 8.18. The largest absolute Gasteiger partial charge is 0.414 e. The van der Waals surface area contributed by atoms with E-state index in [2.05, 4.69) is 22.4 Å². The molecule has 2 heterocycles. The van der Waals surface area contributed by atoms with Gasteiger partial charge in [-0.25, -0.2) is 0 Å². The highest BCUT2D eigenvalue weighted by molar-refractivity contribution is 7.13. The Balaban J connectivity index is 1.65. The molecular formula is C16H23N4O2S+. The number of quaternary nitrogens is 1. The number of hydrogen-bond acceptors (Lipinski definition) is 5. The first-order chi connectivity index (χ1) is 11.2. The summed E-state index contributed by atoms with van der Waals surface area (Å²) in [5.41, 5.74) is 0. The number of nitrogens with one attached hydrogen (secondary N) is 2. The molecule has 2 aromatic heterocycles. The molecular weight excluding hydrogens is 312 g/mol. The molecule has 1 saturated carbocycles. The van der Waals surface area contributed by atoms with Crippen LogP contribution in [-0.2, 0) is 11.3 Å². The van der Waals surface area contributed by atoms with Crippen LogP contribution in [0.3, 0.4) is 0 Å². The van der Waals surface area contributed by atoms with E-state index in [1.165, 1.54) is 0 Å². The molecule has 1 aliphatic carbocycles. The summed E-state index contributed by atoms with van der Waals surface area (Å²) in [6.45, 7) is 5.57. The molecule has 2 N–H and O–H groups in total. The molecule has 0 aliphatic heterocycles. The van der Waals surface area contributed by atoms with Gasteiger partial charge in [-0.3, -0.25) is 4.79 Å². The molecule has 1 unspecified atom stereocenters. The van der Waals surface area contributed by atoms with E-state index in [1.54, 1.807) is 11.3 Å². The van der Waals surface area contributed by atoms with Gasteiger partial charge in [0.25, 0.3) is 17.7 Å². The van der Waals surface area contributed by atoms with Crippen molar-refractivity contribution in [2.45, 2.75) is 51.7 Å². The number of thiophene rings is 1. The lowest BCUT2D eigenvalue weighted by molar-refractivity contribution is -0.929. The van der Waals surface area contributed by atoms with Crippen molar-refractivity contribution in [1.29, 1.82) is 0 Å². The number of aromatic nitrogens is 2. The van der Waals surface area contributed by atoms with Gasteiger partial charge in [-0.05, 0) is 37.6 Å². The van der Waals surface area contributed by atoms with Crippen molar-refractivity contribution < 1.29 is 14.1 Å². The van der Waals surface area contributed by atoms with Crippen molar-refractivity contribution in [3.05, 3.63) is 23.4 Å². The molecule has 0 saturated heterocycles. The Kier molecular flexibility index (Phi) is 5.07. The van der Waals surface area contributed by atoms with Crippen LogP contribution in [0.5, 0.6) is 0 Å². The average molecular weight is 335 g/mol. The Morgan fingerprint density at radius 2 is 2.35 bits per heavy atom. The minimum absolute atomic E-state index is 0.118. The van der Waals surface area contributed by atoms with Crippen molar-refractivity contribution in [2.24, 2.45) is 0 Å². The van der Waals surface area contributed by atoms with Crippen LogP contribution < -0.4 is 10.2 Å². The predicted molar refractivity (Wildman–Crippen MR) is 88.1 cm³/mol. The topological polar surface area (TPSA) is 72.5 Å². The first kappa shape index (κ1) is 16.1. The van der Waals surface area contributed by atoms with Crippen molar-refractivity contribution in [3.63, 3.8) is 0 Å². The number of carbonyl (C=O) groups excluding carboxylic acids is 1. The third-order valence-electron chi connectivity index (χ3n) is 4.08. The van der Waals surface area contributed by atoms with E-state index in [4.69, 9.17) is 4.42 Å². The molecule has 0 radical (unpaired) electrons. The van der Waals surface area contributed by atoms with Gasteiger partial charge in [0.1, 0.15) is 0 Å². The number of rotatable bonds is 8. The minimum atomic E-state index is -0.118. The van der Waals surface area contributed by atoms with Crippen molar-refractivity contribution in [1.82, 2.24) is 15.5 Å². The van der Waals surface area contributed by atoms with E-state index >= 15 is 0 Å². The van der Waals surface area contributed by atoms with Crippen LogP contribution in [0, 0.1) is 0 Å². The maximum absolute atomic E-state index is 12.3. The lowest BCUT2D eigenvalue weighted by Crippen LogP contribution is -3.15. The summed E-state index contributed by atoms with van der Waals surface area (Å²) in [5.74, 6) is 1.26. The van der Waals surface area contributed by atoms with Crippen molar-refractivity contribution in [2.75, 3.05) is 6.54 Å². The zero-order valence-electron chi connectivity index (χ0n) is 13.5. The molecule has 0 spiro atoms. The van der Waals surface area contributed by atoms with Crippen LogP contribution in [0.1, 0.15) is 39.0 Å². The average Bonchev–Trinajstić information content (AvgIpc) is 3.04.